The molecule has 0 atom stereocenters. The summed E-state index contributed by atoms with van der Waals surface area (Å²) in [4.78, 5) is 41.2. The summed E-state index contributed by atoms with van der Waals surface area (Å²) in [6.45, 7) is 0. The second kappa shape index (κ2) is 30.2. The van der Waals surface area contributed by atoms with Gasteiger partial charge in [0.05, 0.1) is 25.4 Å². The van der Waals surface area contributed by atoms with Crippen molar-refractivity contribution in [1.82, 2.24) is 0 Å². The van der Waals surface area contributed by atoms with Crippen molar-refractivity contribution in [3.05, 3.63) is 76.6 Å². The van der Waals surface area contributed by atoms with Gasteiger partial charge in [0.2, 0.25) is 0 Å². The Balaban J connectivity index is -0.0000000331. The van der Waals surface area contributed by atoms with Crippen molar-refractivity contribution in [2.45, 2.75) is 0 Å². The molecule has 0 unspecified atom stereocenters. The first-order valence-corrected chi connectivity index (χ1v) is 2.74. The van der Waals surface area contributed by atoms with Gasteiger partial charge in [0.15, 0.2) is 0 Å². The predicted octanol–water partition coefficient (Wildman–Crippen LogP) is -1.20. The molecule has 0 amide bonds. The smallest absolute Gasteiger partial charge is 0.0689 e. The molecule has 21 heavy (non-hydrogen) atoms. The van der Waals surface area contributed by atoms with Crippen LogP contribution in [0.2, 0.25) is 0 Å². The summed E-state index contributed by atoms with van der Waals surface area (Å²) in [7, 11) is 0. The van der Waals surface area contributed by atoms with Crippen LogP contribution in [0.3, 0.4) is 0 Å². The molecule has 0 aliphatic heterocycles. The molecule has 0 saturated carbocycles. The van der Waals surface area contributed by atoms with E-state index < -0.39 is 25.4 Å². The molecule has 0 aliphatic rings. The van der Waals surface area contributed by atoms with Crippen LogP contribution in [0.5, 0.6) is 0 Å². The average molecular weight is 547 g/mol. The van der Waals surface area contributed by atoms with Crippen molar-refractivity contribution in [3.63, 3.8) is 0 Å². The number of rotatable bonds is 0. The minimum absolute atomic E-state index is 0. The summed E-state index contributed by atoms with van der Waals surface area (Å²) < 4.78 is 0. The Labute approximate surface area is 132 Å². The molecule has 0 aliphatic carbocycles. The Morgan fingerprint density at radius 3 is 0.333 bits per heavy atom. The molecule has 0 fully saturated rings. The molecular formula is N5NpO15-5. The molecule has 21 heteroatoms. The third-order valence-corrected chi connectivity index (χ3v) is 0. The fourth-order valence-corrected chi connectivity index (χ4v) is 0. The van der Waals surface area contributed by atoms with Crippen LogP contribution in [0.25, 0.3) is 0 Å². The maximum atomic E-state index is 8.25. The van der Waals surface area contributed by atoms with Crippen LogP contribution in [0.1, 0.15) is 0 Å². The van der Waals surface area contributed by atoms with Crippen LogP contribution in [0, 0.1) is 107 Å². The summed E-state index contributed by atoms with van der Waals surface area (Å²) in [6.07, 6.45) is 0. The van der Waals surface area contributed by atoms with Gasteiger partial charge in [-0.1, -0.05) is 0 Å². The van der Waals surface area contributed by atoms with E-state index in [4.69, 9.17) is 76.6 Å². The standard InChI is InChI=1S/5NO3.Np/c5*2-1(3)4;/q5*-1;. The molecule has 0 bridgehead atoms. The van der Waals surface area contributed by atoms with E-state index in [9.17, 15) is 0 Å². The van der Waals surface area contributed by atoms with Gasteiger partial charge in [0.1, 0.15) is 0 Å². The Morgan fingerprint density at radius 2 is 0.333 bits per heavy atom. The third kappa shape index (κ3) is 430. The van der Waals surface area contributed by atoms with Gasteiger partial charge in [-0.15, -0.1) is 0 Å². The van der Waals surface area contributed by atoms with Crippen LogP contribution < -0.4 is 0 Å². The van der Waals surface area contributed by atoms with Gasteiger partial charge < -0.3 is 76.6 Å². The Morgan fingerprint density at radius 1 is 0.333 bits per heavy atom. The largest absolute Gasteiger partial charge is 0.356 e. The molecule has 0 heterocycles. The monoisotopic (exact) mass is 546 g/mol. The second-order valence-electron chi connectivity index (χ2n) is 1.12. The molecule has 0 saturated heterocycles. The molecule has 20 nitrogen and oxygen atoms in total. The van der Waals surface area contributed by atoms with Crippen LogP contribution in [0.4, 0.5) is 0 Å². The maximum Gasteiger partial charge on any atom is 0.0689 e. The quantitative estimate of drug-likeness (QED) is 0.254. The van der Waals surface area contributed by atoms with Gasteiger partial charge >= 0.3 is 0 Å². The molecule has 0 spiro atoms. The van der Waals surface area contributed by atoms with Crippen molar-refractivity contribution in [2.24, 2.45) is 0 Å². The van der Waals surface area contributed by atoms with Crippen molar-refractivity contribution < 1.29 is 55.4 Å². The van der Waals surface area contributed by atoms with E-state index in [1.165, 1.54) is 0 Å². The van der Waals surface area contributed by atoms with Crippen LogP contribution >= 0.6 is 0 Å². The summed E-state index contributed by atoms with van der Waals surface area (Å²) in [6, 6.07) is 0. The van der Waals surface area contributed by atoms with Crippen molar-refractivity contribution in [1.29, 1.82) is 0 Å². The molecule has 0 N–H and O–H groups in total. The fourth-order valence-electron chi connectivity index (χ4n) is 0. The van der Waals surface area contributed by atoms with E-state index >= 15 is 0 Å². The Kier molecular flexibility index (Phi) is 52.0. The van der Waals surface area contributed by atoms with E-state index in [2.05, 4.69) is 0 Å². The molecule has 125 valence electrons. The van der Waals surface area contributed by atoms with Gasteiger partial charge in [-0.05, 0) is 0 Å². The van der Waals surface area contributed by atoms with E-state index in [1.807, 2.05) is 0 Å². The summed E-state index contributed by atoms with van der Waals surface area (Å²) in [5.74, 6) is 0. The zero-order valence-corrected chi connectivity index (χ0v) is 12.5. The minimum atomic E-state index is -1.75. The normalized spacial score (nSPS) is 5.71. The van der Waals surface area contributed by atoms with E-state index in [0.29, 0.717) is 0 Å². The van der Waals surface area contributed by atoms with E-state index in [-0.39, 0.29) is 29.9 Å². The predicted molar refractivity (Wildman–Crippen MR) is 51.8 cm³/mol. The SMILES string of the molecule is O=[N+]([O-])[O-].O=[N+]([O-])[O-].O=[N+]([O-])[O-].O=[N+]([O-])[O-].O=[N+]([O-])[O-].[Np]. The number of hydrogen-bond donors (Lipinski definition) is 0. The van der Waals surface area contributed by atoms with Gasteiger partial charge in [-0.25, -0.2) is 0 Å². The summed E-state index contributed by atoms with van der Waals surface area (Å²) >= 11 is 0. The van der Waals surface area contributed by atoms with E-state index in [1.54, 1.807) is 0 Å². The zero-order chi connectivity index (χ0) is 17.9. The van der Waals surface area contributed by atoms with Crippen LogP contribution in [-0.4, -0.2) is 25.4 Å². The van der Waals surface area contributed by atoms with Crippen molar-refractivity contribution in [3.8, 4) is 0 Å². The van der Waals surface area contributed by atoms with Gasteiger partial charge in [-0.2, -0.15) is 0 Å². The molecular weight excluding hydrogens is 547 g/mol. The minimum Gasteiger partial charge on any atom is -0.356 e. The fraction of sp³-hybridized carbons (Fsp3) is 0. The van der Waals surface area contributed by atoms with E-state index in [0.717, 1.165) is 0 Å². The molecule has 0 rings (SSSR count). The summed E-state index contributed by atoms with van der Waals surface area (Å²) in [5.41, 5.74) is 0. The topological polar surface area (TPSA) is 331 Å². The second-order valence-corrected chi connectivity index (χ2v) is 1.12. The van der Waals surface area contributed by atoms with Crippen molar-refractivity contribution in [2.75, 3.05) is 0 Å². The first-order valence-electron chi connectivity index (χ1n) is 2.74. The zero-order valence-electron chi connectivity index (χ0n) is 8.81. The Bertz CT molecular complexity index is 207. The van der Waals surface area contributed by atoms with Gasteiger partial charge in [0, 0.05) is 29.9 Å². The van der Waals surface area contributed by atoms with Crippen LogP contribution in [-0.2, 0) is 0 Å². The van der Waals surface area contributed by atoms with Gasteiger partial charge in [-0.3, -0.25) is 0 Å². The molecule has 0 aromatic heterocycles. The Hall–Kier alpha value is -2.99. The first-order chi connectivity index (χ1) is 8.66. The van der Waals surface area contributed by atoms with Gasteiger partial charge in [0.25, 0.3) is 0 Å². The van der Waals surface area contributed by atoms with Crippen molar-refractivity contribution >= 4 is 0 Å². The maximum absolute atomic E-state index is 8.25. The molecule has 0 aromatic rings. The molecule has 1 radical (unpaired) electrons. The summed E-state index contributed by atoms with van der Waals surface area (Å²) in [5, 5.41) is 73.8. The third-order valence-electron chi connectivity index (χ3n) is 0. The van der Waals surface area contributed by atoms with Crippen LogP contribution in [0.15, 0.2) is 0 Å². The first kappa shape index (κ1) is 36.1. The number of hydrogen-bond acceptors (Lipinski definition) is 15. The average Bonchev–Trinajstić information content (AvgIpc) is 1.94. The number of nitrogens with zero attached hydrogens (tertiary/aromatic N) is 5. The molecule has 0 aromatic carbocycles.